The number of aliphatic hydroxyl groups excluding tert-OH is 1. The maximum absolute atomic E-state index is 13.7. The van der Waals surface area contributed by atoms with Crippen molar-refractivity contribution < 1.29 is 14.7 Å². The Morgan fingerprint density at radius 1 is 1.12 bits per heavy atom. The van der Waals surface area contributed by atoms with Crippen LogP contribution < -0.4 is 0 Å². The highest BCUT2D eigenvalue weighted by Crippen LogP contribution is 2.51. The monoisotopic (exact) mass is 351 g/mol. The van der Waals surface area contributed by atoms with Crippen LogP contribution in [0.2, 0.25) is 0 Å². The van der Waals surface area contributed by atoms with Crippen LogP contribution in [0.25, 0.3) is 0 Å². The molecule has 1 N–H and O–H groups in total. The number of carbonyl (C=O) groups excluding carboxylic acids is 2. The number of aliphatic hydroxyl groups is 1. The summed E-state index contributed by atoms with van der Waals surface area (Å²) < 4.78 is 0. The molecule has 3 rings (SSSR count). The van der Waals surface area contributed by atoms with E-state index in [-0.39, 0.29) is 24.3 Å². The third kappa shape index (κ3) is 2.65. The van der Waals surface area contributed by atoms with Gasteiger partial charge in [0.25, 0.3) is 0 Å². The molecule has 136 valence electrons. The number of amides is 1. The molecule has 0 radical (unpaired) electrons. The number of likely N-dealkylation sites (tertiary alicyclic amines) is 1. The van der Waals surface area contributed by atoms with Crippen molar-refractivity contribution >= 4 is 11.7 Å². The standard InChI is InChI=1S/C22H25NO3/c1-3-19-21(26)23(16(2)14-15-24)22(19,18-12-8-5-9-13-18)20(25)17-10-6-4-7-11-17/h4-13,16,19,24H,3,14-15H2,1-2H3. The van der Waals surface area contributed by atoms with Crippen LogP contribution in [0.1, 0.15) is 42.6 Å². The smallest absolute Gasteiger partial charge is 0.230 e. The normalized spacial score (nSPS) is 23.4. The molecular formula is C22H25NO3. The molecule has 26 heavy (non-hydrogen) atoms. The van der Waals surface area contributed by atoms with E-state index in [1.54, 1.807) is 17.0 Å². The second-order valence-corrected chi connectivity index (χ2v) is 6.86. The van der Waals surface area contributed by atoms with E-state index in [9.17, 15) is 14.7 Å². The number of rotatable bonds is 7. The number of hydrogen-bond acceptors (Lipinski definition) is 3. The first-order chi connectivity index (χ1) is 12.6. The number of benzene rings is 2. The lowest BCUT2D eigenvalue weighted by atomic mass is 9.63. The summed E-state index contributed by atoms with van der Waals surface area (Å²) in [6.45, 7) is 3.83. The van der Waals surface area contributed by atoms with Gasteiger partial charge in [0.1, 0.15) is 5.54 Å². The summed E-state index contributed by atoms with van der Waals surface area (Å²) in [5.74, 6) is -0.458. The number of Topliss-reactive ketones (excluding diaryl/α,β-unsaturated/α-hetero) is 1. The first kappa shape index (κ1) is 18.3. The molecule has 0 saturated carbocycles. The van der Waals surface area contributed by atoms with Crippen molar-refractivity contribution in [3.05, 3.63) is 71.8 Å². The summed E-state index contributed by atoms with van der Waals surface area (Å²) >= 11 is 0. The van der Waals surface area contributed by atoms with Gasteiger partial charge >= 0.3 is 0 Å². The number of nitrogens with zero attached hydrogens (tertiary/aromatic N) is 1. The van der Waals surface area contributed by atoms with Crippen molar-refractivity contribution in [3.8, 4) is 0 Å². The van der Waals surface area contributed by atoms with E-state index in [4.69, 9.17) is 0 Å². The van der Waals surface area contributed by atoms with Gasteiger partial charge in [0.2, 0.25) is 5.91 Å². The van der Waals surface area contributed by atoms with Crippen LogP contribution in [0.3, 0.4) is 0 Å². The van der Waals surface area contributed by atoms with E-state index in [2.05, 4.69) is 0 Å². The molecule has 0 aliphatic carbocycles. The predicted molar refractivity (Wildman–Crippen MR) is 101 cm³/mol. The summed E-state index contributed by atoms with van der Waals surface area (Å²) in [6.07, 6.45) is 1.04. The zero-order chi connectivity index (χ0) is 18.7. The van der Waals surface area contributed by atoms with E-state index in [1.807, 2.05) is 62.4 Å². The molecule has 1 amide bonds. The van der Waals surface area contributed by atoms with E-state index in [0.29, 0.717) is 18.4 Å². The highest BCUT2D eigenvalue weighted by molar-refractivity contribution is 6.12. The highest BCUT2D eigenvalue weighted by Gasteiger charge is 2.65. The van der Waals surface area contributed by atoms with E-state index < -0.39 is 11.5 Å². The molecule has 1 saturated heterocycles. The molecule has 1 heterocycles. The quantitative estimate of drug-likeness (QED) is 0.614. The van der Waals surface area contributed by atoms with Gasteiger partial charge in [0.05, 0.1) is 5.92 Å². The molecular weight excluding hydrogens is 326 g/mol. The Labute approximate surface area is 154 Å². The lowest BCUT2D eigenvalue weighted by Gasteiger charge is -2.59. The van der Waals surface area contributed by atoms with Gasteiger partial charge in [0.15, 0.2) is 5.78 Å². The van der Waals surface area contributed by atoms with Gasteiger partial charge in [-0.2, -0.15) is 0 Å². The Hall–Kier alpha value is -2.46. The minimum Gasteiger partial charge on any atom is -0.396 e. The van der Waals surface area contributed by atoms with Crippen molar-refractivity contribution in [2.24, 2.45) is 5.92 Å². The Morgan fingerprint density at radius 2 is 1.69 bits per heavy atom. The Kier molecular flexibility index (Phi) is 5.23. The Bertz CT molecular complexity index is 774. The Morgan fingerprint density at radius 3 is 2.23 bits per heavy atom. The summed E-state index contributed by atoms with van der Waals surface area (Å²) in [5.41, 5.74) is 0.428. The summed E-state index contributed by atoms with van der Waals surface area (Å²) in [7, 11) is 0. The van der Waals surface area contributed by atoms with Gasteiger partial charge in [-0.1, -0.05) is 67.6 Å². The first-order valence-electron chi connectivity index (χ1n) is 9.18. The van der Waals surface area contributed by atoms with Gasteiger partial charge in [0, 0.05) is 18.2 Å². The molecule has 0 aromatic heterocycles. The number of β-lactam (4-membered cyclic amide) rings is 1. The molecule has 4 nitrogen and oxygen atoms in total. The van der Waals surface area contributed by atoms with Crippen molar-refractivity contribution in [1.29, 1.82) is 0 Å². The van der Waals surface area contributed by atoms with Crippen LogP contribution in [-0.2, 0) is 10.3 Å². The average Bonchev–Trinajstić information content (AvgIpc) is 2.67. The third-order valence-corrected chi connectivity index (χ3v) is 5.41. The fraction of sp³-hybridized carbons (Fsp3) is 0.364. The number of hydrogen-bond donors (Lipinski definition) is 1. The van der Waals surface area contributed by atoms with Crippen LogP contribution in [0.4, 0.5) is 0 Å². The van der Waals surface area contributed by atoms with E-state index >= 15 is 0 Å². The van der Waals surface area contributed by atoms with Crippen LogP contribution >= 0.6 is 0 Å². The third-order valence-electron chi connectivity index (χ3n) is 5.41. The zero-order valence-corrected chi connectivity index (χ0v) is 15.3. The molecule has 1 aliphatic rings. The minimum absolute atomic E-state index is 0.0124. The highest BCUT2D eigenvalue weighted by atomic mass is 16.3. The Balaban J connectivity index is 2.19. The second kappa shape index (κ2) is 7.42. The maximum Gasteiger partial charge on any atom is 0.230 e. The molecule has 0 bridgehead atoms. The summed E-state index contributed by atoms with van der Waals surface area (Å²) in [4.78, 5) is 28.3. The van der Waals surface area contributed by atoms with Crippen molar-refractivity contribution in [2.45, 2.75) is 38.3 Å². The van der Waals surface area contributed by atoms with Crippen molar-refractivity contribution in [1.82, 2.24) is 4.90 Å². The molecule has 0 spiro atoms. The van der Waals surface area contributed by atoms with Gasteiger partial charge < -0.3 is 10.0 Å². The molecule has 3 atom stereocenters. The van der Waals surface area contributed by atoms with Gasteiger partial charge in [-0.25, -0.2) is 0 Å². The van der Waals surface area contributed by atoms with E-state index in [0.717, 1.165) is 5.56 Å². The van der Waals surface area contributed by atoms with Gasteiger partial charge in [-0.05, 0) is 25.3 Å². The maximum atomic E-state index is 13.7. The lowest BCUT2D eigenvalue weighted by molar-refractivity contribution is -0.173. The SMILES string of the molecule is CCC1C(=O)N(C(C)CCO)C1(C(=O)c1ccccc1)c1ccccc1. The largest absolute Gasteiger partial charge is 0.396 e. The number of ketones is 1. The molecule has 4 heteroatoms. The van der Waals surface area contributed by atoms with Crippen LogP contribution in [0.5, 0.6) is 0 Å². The van der Waals surface area contributed by atoms with Gasteiger partial charge in [-0.15, -0.1) is 0 Å². The summed E-state index contributed by atoms with van der Waals surface area (Å²) in [6, 6.07) is 18.5. The van der Waals surface area contributed by atoms with Crippen LogP contribution in [0, 0.1) is 5.92 Å². The fourth-order valence-electron chi connectivity index (χ4n) is 4.21. The van der Waals surface area contributed by atoms with Crippen molar-refractivity contribution in [3.63, 3.8) is 0 Å². The molecule has 1 fully saturated rings. The second-order valence-electron chi connectivity index (χ2n) is 6.86. The molecule has 3 unspecified atom stereocenters. The minimum atomic E-state index is -1.01. The number of carbonyl (C=O) groups is 2. The molecule has 1 aliphatic heterocycles. The van der Waals surface area contributed by atoms with Crippen molar-refractivity contribution in [2.75, 3.05) is 6.61 Å². The fourth-order valence-corrected chi connectivity index (χ4v) is 4.21. The zero-order valence-electron chi connectivity index (χ0n) is 15.3. The average molecular weight is 351 g/mol. The predicted octanol–water partition coefficient (Wildman–Crippen LogP) is 3.40. The lowest BCUT2D eigenvalue weighted by Crippen LogP contribution is -2.74. The van der Waals surface area contributed by atoms with Gasteiger partial charge in [-0.3, -0.25) is 9.59 Å². The summed E-state index contributed by atoms with van der Waals surface area (Å²) in [5, 5.41) is 9.39. The van der Waals surface area contributed by atoms with E-state index in [1.165, 1.54) is 0 Å². The first-order valence-corrected chi connectivity index (χ1v) is 9.18. The topological polar surface area (TPSA) is 57.6 Å². The molecule has 2 aromatic carbocycles. The van der Waals surface area contributed by atoms with Crippen LogP contribution in [0.15, 0.2) is 60.7 Å². The van der Waals surface area contributed by atoms with Crippen LogP contribution in [-0.4, -0.2) is 34.3 Å². The molecule has 2 aromatic rings.